The quantitative estimate of drug-likeness (QED) is 0.260. The normalized spacial score (nSPS) is 27.6. The number of halogens is 2. The van der Waals surface area contributed by atoms with E-state index >= 15 is 0 Å². The molecule has 1 aromatic heterocycles. The van der Waals surface area contributed by atoms with E-state index in [1.807, 2.05) is 19.1 Å². The molecule has 1 amide bonds. The largest absolute Gasteiger partial charge is 0.370 e. The summed E-state index contributed by atoms with van der Waals surface area (Å²) in [5, 5.41) is 18.4. The first-order valence-electron chi connectivity index (χ1n) is 13.2. The molecule has 0 spiro atoms. The fraction of sp³-hybridized carbons (Fsp3) is 0.630. The summed E-state index contributed by atoms with van der Waals surface area (Å²) in [6, 6.07) is 6.15. The van der Waals surface area contributed by atoms with Gasteiger partial charge in [-0.25, -0.2) is 9.97 Å². The molecule has 6 rings (SSSR count). The fourth-order valence-electron chi connectivity index (χ4n) is 6.82. The second kappa shape index (κ2) is 11.6. The number of hydrogen-bond donors (Lipinski definition) is 5. The summed E-state index contributed by atoms with van der Waals surface area (Å²) in [4.78, 5) is 22.6. The highest BCUT2D eigenvalue weighted by atomic mass is 35.5. The van der Waals surface area contributed by atoms with Crippen molar-refractivity contribution in [2.24, 2.45) is 28.9 Å². The summed E-state index contributed by atoms with van der Waals surface area (Å²) >= 11 is 0. The molecule has 204 valence electrons. The molecule has 2 bridgehead atoms. The highest BCUT2D eigenvalue weighted by molar-refractivity contribution is 5.96. The van der Waals surface area contributed by atoms with Gasteiger partial charge in [-0.2, -0.15) is 0 Å². The van der Waals surface area contributed by atoms with Crippen LogP contribution in [0.5, 0.6) is 0 Å². The third kappa shape index (κ3) is 5.90. The minimum Gasteiger partial charge on any atom is -0.370 e. The van der Waals surface area contributed by atoms with Gasteiger partial charge in [0.05, 0.1) is 5.52 Å². The number of rotatable bonds is 6. The minimum absolute atomic E-state index is 0. The van der Waals surface area contributed by atoms with E-state index < -0.39 is 0 Å². The predicted octanol–water partition coefficient (Wildman–Crippen LogP) is 4.79. The van der Waals surface area contributed by atoms with E-state index in [9.17, 15) is 4.79 Å². The monoisotopic (exact) mass is 549 g/mol. The molecular formula is C27H41Cl2N7O. The zero-order chi connectivity index (χ0) is 24.7. The maximum Gasteiger partial charge on any atom is 0.289 e. The lowest BCUT2D eigenvalue weighted by Gasteiger charge is -2.60. The SMILES string of the molecule is Cc1ccc2nc(C(=O)NC[C@@H]3CCC4CC3C4(C)C)nc(N[C@H]3CCCC[C@H]3NC(=N)N)c2c1.Cl.Cl. The van der Waals surface area contributed by atoms with E-state index in [1.165, 1.54) is 19.3 Å². The summed E-state index contributed by atoms with van der Waals surface area (Å²) in [6.07, 6.45) is 7.83. The summed E-state index contributed by atoms with van der Waals surface area (Å²) in [5.74, 6) is 2.72. The summed E-state index contributed by atoms with van der Waals surface area (Å²) in [7, 11) is 0. The maximum atomic E-state index is 13.2. The average molecular weight is 551 g/mol. The van der Waals surface area contributed by atoms with Crippen LogP contribution in [0, 0.1) is 35.5 Å². The van der Waals surface area contributed by atoms with E-state index in [1.54, 1.807) is 0 Å². The van der Waals surface area contributed by atoms with E-state index in [-0.39, 0.29) is 54.6 Å². The van der Waals surface area contributed by atoms with Crippen molar-refractivity contribution in [2.75, 3.05) is 11.9 Å². The van der Waals surface area contributed by atoms with Gasteiger partial charge in [-0.3, -0.25) is 10.2 Å². The van der Waals surface area contributed by atoms with Gasteiger partial charge in [-0.1, -0.05) is 38.3 Å². The van der Waals surface area contributed by atoms with Crippen molar-refractivity contribution < 1.29 is 4.79 Å². The number of carbonyl (C=O) groups is 1. The number of nitrogens with two attached hydrogens (primary N) is 1. The van der Waals surface area contributed by atoms with Crippen molar-refractivity contribution in [1.29, 1.82) is 5.41 Å². The Morgan fingerprint density at radius 1 is 1.11 bits per heavy atom. The van der Waals surface area contributed by atoms with Crippen molar-refractivity contribution in [3.8, 4) is 0 Å². The van der Waals surface area contributed by atoms with Crippen LogP contribution in [0.3, 0.4) is 0 Å². The van der Waals surface area contributed by atoms with Gasteiger partial charge in [-0.05, 0) is 74.3 Å². The Hall–Kier alpha value is -2.32. The van der Waals surface area contributed by atoms with Gasteiger partial charge in [0.25, 0.3) is 5.91 Å². The van der Waals surface area contributed by atoms with Crippen molar-refractivity contribution in [3.63, 3.8) is 0 Å². The molecule has 2 aromatic rings. The van der Waals surface area contributed by atoms with Gasteiger partial charge >= 0.3 is 0 Å². The van der Waals surface area contributed by atoms with Crippen LogP contribution in [0.15, 0.2) is 18.2 Å². The standard InChI is InChI=1S/C27H39N7O.2ClH/c1-15-8-11-20-18(12-15)23(32-21-6-4-5-7-22(21)33-26(28)29)34-24(31-20)25(35)30-14-16-9-10-17-13-19(16)27(17,2)3;;/h8,11-12,16-17,19,21-22H,4-7,9-10,13-14H2,1-3H3,(H,30,35)(H4,28,29,33)(H,31,32,34);2*1H/t16-,17?,19?,21-,22+;;/m0../s1. The number of guanidine groups is 1. The molecule has 8 nitrogen and oxygen atoms in total. The Balaban J connectivity index is 0.00000190. The van der Waals surface area contributed by atoms with Crippen molar-refractivity contribution >= 4 is 53.4 Å². The highest BCUT2D eigenvalue weighted by Gasteiger charge is 2.53. The molecule has 1 heterocycles. The second-order valence-electron chi connectivity index (χ2n) is 11.5. The molecule has 5 atom stereocenters. The lowest BCUT2D eigenvalue weighted by molar-refractivity contribution is -0.103. The Morgan fingerprint density at radius 2 is 1.84 bits per heavy atom. The number of nitrogens with zero attached hydrogens (tertiary/aromatic N) is 2. The smallest absolute Gasteiger partial charge is 0.289 e. The molecule has 4 aliphatic rings. The Kier molecular flexibility index (Phi) is 9.17. The second-order valence-corrected chi connectivity index (χ2v) is 11.5. The topological polar surface area (TPSA) is 129 Å². The molecule has 6 N–H and O–H groups in total. The maximum absolute atomic E-state index is 13.2. The van der Waals surface area contributed by atoms with E-state index in [4.69, 9.17) is 16.1 Å². The van der Waals surface area contributed by atoms with E-state index in [0.717, 1.165) is 48.1 Å². The number of aryl methyl sites for hydroxylation is 1. The van der Waals surface area contributed by atoms with Crippen LogP contribution < -0.4 is 21.7 Å². The van der Waals surface area contributed by atoms with Crippen LogP contribution in [0.25, 0.3) is 10.9 Å². The zero-order valence-corrected chi connectivity index (χ0v) is 23.6. The predicted molar refractivity (Wildman–Crippen MR) is 154 cm³/mol. The number of carbonyl (C=O) groups excluding carboxylic acids is 1. The van der Waals surface area contributed by atoms with Crippen LogP contribution >= 0.6 is 24.8 Å². The Morgan fingerprint density at radius 3 is 2.51 bits per heavy atom. The highest BCUT2D eigenvalue weighted by Crippen LogP contribution is 2.61. The first-order chi connectivity index (χ1) is 16.7. The van der Waals surface area contributed by atoms with Gasteiger partial charge in [0, 0.05) is 24.0 Å². The summed E-state index contributed by atoms with van der Waals surface area (Å²) in [5.41, 5.74) is 7.91. The third-order valence-corrected chi connectivity index (χ3v) is 9.01. The van der Waals surface area contributed by atoms with Gasteiger partial charge < -0.3 is 21.7 Å². The van der Waals surface area contributed by atoms with Gasteiger partial charge in [0.2, 0.25) is 5.82 Å². The molecule has 0 aliphatic heterocycles. The van der Waals surface area contributed by atoms with Crippen LogP contribution in [-0.4, -0.2) is 40.5 Å². The number of aromatic nitrogens is 2. The number of anilines is 1. The number of hydrogen-bond acceptors (Lipinski definition) is 5. The van der Waals surface area contributed by atoms with Gasteiger partial charge in [-0.15, -0.1) is 24.8 Å². The van der Waals surface area contributed by atoms with Crippen LogP contribution in [0.4, 0.5) is 5.82 Å². The number of nitrogens with one attached hydrogen (secondary N) is 4. The molecule has 37 heavy (non-hydrogen) atoms. The zero-order valence-electron chi connectivity index (χ0n) is 22.0. The molecule has 4 saturated carbocycles. The van der Waals surface area contributed by atoms with Crippen molar-refractivity contribution in [3.05, 3.63) is 29.6 Å². The molecule has 4 fully saturated rings. The van der Waals surface area contributed by atoms with E-state index in [2.05, 4.69) is 40.8 Å². The summed E-state index contributed by atoms with van der Waals surface area (Å²) < 4.78 is 0. The lowest BCUT2D eigenvalue weighted by Crippen LogP contribution is -2.54. The molecule has 1 aromatic carbocycles. The third-order valence-electron chi connectivity index (χ3n) is 9.01. The van der Waals surface area contributed by atoms with Crippen molar-refractivity contribution in [1.82, 2.24) is 20.6 Å². The molecule has 2 unspecified atom stereocenters. The average Bonchev–Trinajstić information content (AvgIpc) is 2.83. The Bertz CT molecular complexity index is 1140. The van der Waals surface area contributed by atoms with Crippen LogP contribution in [-0.2, 0) is 0 Å². The first kappa shape index (κ1) is 29.2. The van der Waals surface area contributed by atoms with Gasteiger partial charge in [0.15, 0.2) is 5.96 Å². The number of amides is 1. The summed E-state index contributed by atoms with van der Waals surface area (Å²) in [6.45, 7) is 7.49. The lowest BCUT2D eigenvalue weighted by atomic mass is 9.45. The van der Waals surface area contributed by atoms with E-state index in [0.29, 0.717) is 29.6 Å². The first-order valence-corrected chi connectivity index (χ1v) is 13.2. The molecule has 0 saturated heterocycles. The Labute approximate surface area is 232 Å². The minimum atomic E-state index is -0.211. The molecular weight excluding hydrogens is 509 g/mol. The molecule has 10 heteroatoms. The molecule has 0 radical (unpaired) electrons. The van der Waals surface area contributed by atoms with Gasteiger partial charge in [0.1, 0.15) is 5.82 Å². The van der Waals surface area contributed by atoms with Crippen LogP contribution in [0.1, 0.15) is 75.0 Å². The van der Waals surface area contributed by atoms with Crippen molar-refractivity contribution in [2.45, 2.75) is 77.8 Å². The number of fused-ring (bicyclic) bond motifs is 3. The number of benzene rings is 1. The van der Waals surface area contributed by atoms with Crippen LogP contribution in [0.2, 0.25) is 0 Å². The molecule has 4 aliphatic carbocycles. The fourth-order valence-corrected chi connectivity index (χ4v) is 6.82.